The van der Waals surface area contributed by atoms with Crippen molar-refractivity contribution in [2.45, 2.75) is 0 Å². The molecule has 7 heteroatoms. The van der Waals surface area contributed by atoms with Gasteiger partial charge >= 0.3 is 0 Å². The Hall–Kier alpha value is -3.87. The predicted molar refractivity (Wildman–Crippen MR) is 100 cm³/mol. The highest BCUT2D eigenvalue weighted by atomic mass is 16.5. The Balaban J connectivity index is 2.05. The molecule has 0 spiro atoms. The molecular weight excluding hydrogens is 346 g/mol. The molecule has 0 unspecified atom stereocenters. The summed E-state index contributed by atoms with van der Waals surface area (Å²) in [4.78, 5) is 36.8. The monoisotopic (exact) mass is 361 g/mol. The number of pyridine rings is 1. The number of nitrogens with zero attached hydrogens (tertiary/aromatic N) is 1. The van der Waals surface area contributed by atoms with Gasteiger partial charge < -0.3 is 10.5 Å². The van der Waals surface area contributed by atoms with Gasteiger partial charge in [-0.15, -0.1) is 0 Å². The van der Waals surface area contributed by atoms with Gasteiger partial charge in [-0.1, -0.05) is 30.3 Å². The molecule has 0 saturated carbocycles. The van der Waals surface area contributed by atoms with Gasteiger partial charge in [0.15, 0.2) is 0 Å². The fourth-order valence-electron chi connectivity index (χ4n) is 3.21. The first-order valence-corrected chi connectivity index (χ1v) is 8.16. The van der Waals surface area contributed by atoms with Crippen molar-refractivity contribution in [3.63, 3.8) is 0 Å². The van der Waals surface area contributed by atoms with Crippen LogP contribution < -0.4 is 21.3 Å². The van der Waals surface area contributed by atoms with Crippen molar-refractivity contribution in [2.24, 2.45) is 0 Å². The van der Waals surface area contributed by atoms with Crippen molar-refractivity contribution in [2.75, 3.05) is 12.8 Å². The van der Waals surface area contributed by atoms with Gasteiger partial charge in [0.25, 0.3) is 17.4 Å². The fraction of sp³-hybridized carbons (Fsp3) is 0.0500. The standard InChI is InChI=1S/C20H15N3O4/c1-27-12-7-8-13(11-5-3-2-4-6-11)15(9-12)23-16(24)10-14-17(18(23)21)20(26)22-19(14)25/h2-10H,21H2,1H3,(H,22,25,26). The number of benzene rings is 2. The van der Waals surface area contributed by atoms with Gasteiger partial charge in [-0.05, 0) is 17.7 Å². The number of hydrogen-bond acceptors (Lipinski definition) is 5. The van der Waals surface area contributed by atoms with Crippen LogP contribution in [0.2, 0.25) is 0 Å². The summed E-state index contributed by atoms with van der Waals surface area (Å²) in [7, 11) is 1.52. The lowest BCUT2D eigenvalue weighted by atomic mass is 10.0. The number of nitrogens with two attached hydrogens (primary N) is 1. The maximum atomic E-state index is 12.8. The Labute approximate surface area is 154 Å². The first kappa shape index (κ1) is 16.6. The number of hydrogen-bond donors (Lipinski definition) is 2. The number of imide groups is 1. The third kappa shape index (κ3) is 2.56. The van der Waals surface area contributed by atoms with Crippen LogP contribution >= 0.6 is 0 Å². The summed E-state index contributed by atoms with van der Waals surface area (Å²) >= 11 is 0. The number of aromatic nitrogens is 1. The average molecular weight is 361 g/mol. The number of nitrogens with one attached hydrogen (secondary N) is 1. The molecule has 1 aliphatic heterocycles. The Morgan fingerprint density at radius 2 is 1.67 bits per heavy atom. The predicted octanol–water partition coefficient (Wildman–Crippen LogP) is 1.98. The van der Waals surface area contributed by atoms with E-state index in [1.807, 2.05) is 36.4 Å². The van der Waals surface area contributed by atoms with Crippen LogP contribution in [0.1, 0.15) is 20.7 Å². The molecular formula is C20H15N3O4. The second-order valence-electron chi connectivity index (χ2n) is 6.02. The molecule has 2 amide bonds. The smallest absolute Gasteiger partial charge is 0.262 e. The normalized spacial score (nSPS) is 12.6. The highest BCUT2D eigenvalue weighted by molar-refractivity contribution is 6.23. The lowest BCUT2D eigenvalue weighted by molar-refractivity contribution is 0.0880. The van der Waals surface area contributed by atoms with Crippen molar-refractivity contribution >= 4 is 17.6 Å². The zero-order chi connectivity index (χ0) is 19.1. The minimum Gasteiger partial charge on any atom is -0.497 e. The van der Waals surface area contributed by atoms with E-state index in [9.17, 15) is 14.4 Å². The van der Waals surface area contributed by atoms with Crippen molar-refractivity contribution in [3.8, 4) is 22.6 Å². The number of anilines is 1. The summed E-state index contributed by atoms with van der Waals surface area (Å²) in [5, 5.41) is 2.16. The fourth-order valence-corrected chi connectivity index (χ4v) is 3.21. The molecule has 0 radical (unpaired) electrons. The second-order valence-corrected chi connectivity index (χ2v) is 6.02. The SMILES string of the molecule is COc1ccc(-c2ccccc2)c(-n2c(N)c3c(cc2=O)C(=O)NC3=O)c1. The Morgan fingerprint density at radius 3 is 2.37 bits per heavy atom. The van der Waals surface area contributed by atoms with Crippen LogP contribution in [0.15, 0.2) is 59.4 Å². The minimum atomic E-state index is -0.625. The van der Waals surface area contributed by atoms with Crippen LogP contribution in [0.4, 0.5) is 5.82 Å². The number of carbonyl (C=O) groups excluding carboxylic acids is 2. The molecule has 134 valence electrons. The minimum absolute atomic E-state index is 0.00133. The van der Waals surface area contributed by atoms with E-state index in [4.69, 9.17) is 10.5 Å². The van der Waals surface area contributed by atoms with Gasteiger partial charge in [0.05, 0.1) is 23.9 Å². The van der Waals surface area contributed by atoms with Gasteiger partial charge in [0.2, 0.25) is 0 Å². The van der Waals surface area contributed by atoms with Gasteiger partial charge in [0.1, 0.15) is 11.6 Å². The van der Waals surface area contributed by atoms with E-state index in [1.165, 1.54) is 11.7 Å². The summed E-state index contributed by atoms with van der Waals surface area (Å²) in [6.07, 6.45) is 0. The molecule has 2 aromatic carbocycles. The second kappa shape index (κ2) is 6.14. The average Bonchev–Trinajstić information content (AvgIpc) is 2.96. The largest absolute Gasteiger partial charge is 0.497 e. The van der Waals surface area contributed by atoms with E-state index in [0.717, 1.165) is 17.2 Å². The van der Waals surface area contributed by atoms with E-state index >= 15 is 0 Å². The zero-order valence-corrected chi connectivity index (χ0v) is 14.4. The maximum absolute atomic E-state index is 12.8. The van der Waals surface area contributed by atoms with E-state index in [1.54, 1.807) is 12.1 Å². The number of fused-ring (bicyclic) bond motifs is 1. The molecule has 2 heterocycles. The molecule has 27 heavy (non-hydrogen) atoms. The van der Waals surface area contributed by atoms with Gasteiger partial charge in [0, 0.05) is 17.7 Å². The number of methoxy groups -OCH3 is 1. The lowest BCUT2D eigenvalue weighted by Crippen LogP contribution is -2.24. The topological polar surface area (TPSA) is 103 Å². The van der Waals surface area contributed by atoms with Crippen LogP contribution in [0.5, 0.6) is 5.75 Å². The van der Waals surface area contributed by atoms with Gasteiger partial charge in [-0.2, -0.15) is 0 Å². The number of ether oxygens (including phenoxy) is 1. The summed E-state index contributed by atoms with van der Waals surface area (Å²) < 4.78 is 6.51. The van der Waals surface area contributed by atoms with Crippen molar-refractivity contribution in [1.29, 1.82) is 0 Å². The summed E-state index contributed by atoms with van der Waals surface area (Å²) in [5.41, 5.74) is 7.70. The quantitative estimate of drug-likeness (QED) is 0.694. The number of rotatable bonds is 3. The molecule has 0 fully saturated rings. The first-order valence-electron chi connectivity index (χ1n) is 8.16. The van der Waals surface area contributed by atoms with Gasteiger partial charge in [-0.3, -0.25) is 24.3 Å². The first-order chi connectivity index (χ1) is 13.0. The molecule has 1 aromatic heterocycles. The third-order valence-corrected chi connectivity index (χ3v) is 4.48. The van der Waals surface area contributed by atoms with Crippen molar-refractivity contribution in [3.05, 3.63) is 76.1 Å². The van der Waals surface area contributed by atoms with Crippen molar-refractivity contribution in [1.82, 2.24) is 9.88 Å². The van der Waals surface area contributed by atoms with Crippen molar-refractivity contribution < 1.29 is 14.3 Å². The van der Waals surface area contributed by atoms with E-state index in [2.05, 4.69) is 5.32 Å². The van der Waals surface area contributed by atoms with Crippen LogP contribution in [-0.4, -0.2) is 23.5 Å². The summed E-state index contributed by atoms with van der Waals surface area (Å²) in [6, 6.07) is 15.8. The number of nitrogen functional groups attached to an aromatic ring is 1. The zero-order valence-electron chi connectivity index (χ0n) is 14.4. The Kier molecular flexibility index (Phi) is 3.77. The van der Waals surface area contributed by atoms with Gasteiger partial charge in [-0.25, -0.2) is 0 Å². The molecule has 0 aliphatic carbocycles. The van der Waals surface area contributed by atoms with Crippen LogP contribution in [0.3, 0.4) is 0 Å². The number of carbonyl (C=O) groups is 2. The third-order valence-electron chi connectivity index (χ3n) is 4.48. The summed E-state index contributed by atoms with van der Waals surface area (Å²) in [6.45, 7) is 0. The highest BCUT2D eigenvalue weighted by Crippen LogP contribution is 2.32. The maximum Gasteiger partial charge on any atom is 0.262 e. The molecule has 3 aromatic rings. The molecule has 1 aliphatic rings. The molecule has 4 rings (SSSR count). The lowest BCUT2D eigenvalue weighted by Gasteiger charge is -2.17. The van der Waals surface area contributed by atoms with E-state index < -0.39 is 17.4 Å². The molecule has 7 nitrogen and oxygen atoms in total. The van der Waals surface area contributed by atoms with Crippen LogP contribution in [-0.2, 0) is 0 Å². The number of amides is 2. The van der Waals surface area contributed by atoms with Crippen LogP contribution in [0, 0.1) is 0 Å². The Bertz CT molecular complexity index is 1150. The van der Waals surface area contributed by atoms with Crippen LogP contribution in [0.25, 0.3) is 16.8 Å². The van der Waals surface area contributed by atoms with E-state index in [0.29, 0.717) is 11.4 Å². The molecule has 0 atom stereocenters. The van der Waals surface area contributed by atoms with E-state index in [-0.39, 0.29) is 16.9 Å². The summed E-state index contributed by atoms with van der Waals surface area (Å²) in [5.74, 6) is -0.812. The molecule has 3 N–H and O–H groups in total. The highest BCUT2D eigenvalue weighted by Gasteiger charge is 2.32. The Morgan fingerprint density at radius 1 is 0.926 bits per heavy atom. The molecule has 0 saturated heterocycles. The molecule has 0 bridgehead atoms.